The number of halogens is 1. The van der Waals surface area contributed by atoms with Gasteiger partial charge in [-0.2, -0.15) is 0 Å². The highest BCUT2D eigenvalue weighted by Crippen LogP contribution is 2.54. The molecule has 4 nitrogen and oxygen atoms in total. The van der Waals surface area contributed by atoms with Crippen LogP contribution in [-0.4, -0.2) is 31.6 Å². The van der Waals surface area contributed by atoms with Crippen molar-refractivity contribution in [3.63, 3.8) is 0 Å². The van der Waals surface area contributed by atoms with E-state index in [0.29, 0.717) is 12.1 Å². The summed E-state index contributed by atoms with van der Waals surface area (Å²) in [5, 5.41) is 10.6. The number of aromatic nitrogens is 1. The van der Waals surface area contributed by atoms with Crippen molar-refractivity contribution in [2.75, 3.05) is 0 Å². The maximum Gasteiger partial charge on any atom is 0.236 e. The van der Waals surface area contributed by atoms with Crippen LogP contribution in [0.4, 0.5) is 0 Å². The Kier molecular flexibility index (Phi) is 6.21. The Labute approximate surface area is 208 Å². The minimum atomic E-state index is -0.690. The number of aromatic hydroxyl groups is 1. The van der Waals surface area contributed by atoms with E-state index >= 15 is 0 Å². The zero-order valence-electron chi connectivity index (χ0n) is 20.8. The summed E-state index contributed by atoms with van der Waals surface area (Å²) < 4.78 is 6.43. The first-order chi connectivity index (χ1) is 15.9. The third-order valence-electron chi connectivity index (χ3n) is 6.58. The van der Waals surface area contributed by atoms with Gasteiger partial charge in [0.25, 0.3) is 0 Å². The minimum Gasteiger partial charge on any atom is -0.508 e. The van der Waals surface area contributed by atoms with Gasteiger partial charge in [0.1, 0.15) is 17.2 Å². The molecule has 34 heavy (non-hydrogen) atoms. The Morgan fingerprint density at radius 3 is 2.41 bits per heavy atom. The number of ether oxygens (including phenoxy) is 1. The number of benzene rings is 1. The van der Waals surface area contributed by atoms with Crippen LogP contribution in [0.25, 0.3) is 0 Å². The molecule has 3 atom stereocenters. The maximum absolute atomic E-state index is 10.6. The summed E-state index contributed by atoms with van der Waals surface area (Å²) in [4.78, 5) is 5.88. The average molecular weight is 477 g/mol. The van der Waals surface area contributed by atoms with Gasteiger partial charge in [0.15, 0.2) is 0 Å². The van der Waals surface area contributed by atoms with Crippen LogP contribution in [-0.2, 0) is 11.2 Å². The number of hydrogen-bond donors (Lipinski definition) is 1. The van der Waals surface area contributed by atoms with Gasteiger partial charge >= 0.3 is 0 Å². The molecule has 1 N–H and O–H groups in total. The summed E-state index contributed by atoms with van der Waals surface area (Å²) in [5.74, 6) is 7.40. The van der Waals surface area contributed by atoms with Crippen molar-refractivity contribution >= 4 is 11.6 Å². The molecule has 178 valence electrons. The van der Waals surface area contributed by atoms with Crippen molar-refractivity contribution in [3.05, 3.63) is 83.5 Å². The molecule has 1 aliphatic carbocycles. The van der Waals surface area contributed by atoms with Gasteiger partial charge in [-0.25, -0.2) is 4.98 Å². The van der Waals surface area contributed by atoms with Crippen molar-refractivity contribution in [1.29, 1.82) is 0 Å². The van der Waals surface area contributed by atoms with Gasteiger partial charge in [-0.3, -0.25) is 0 Å². The molecular weight excluding hydrogens is 444 g/mol. The first-order valence-corrected chi connectivity index (χ1v) is 12.1. The number of para-hydroxylation sites is 1. The predicted molar refractivity (Wildman–Crippen MR) is 137 cm³/mol. The van der Waals surface area contributed by atoms with Gasteiger partial charge in [0, 0.05) is 17.7 Å². The quantitative estimate of drug-likeness (QED) is 0.410. The first kappa shape index (κ1) is 24.2. The lowest BCUT2D eigenvalue weighted by molar-refractivity contribution is 0.0309. The molecule has 3 unspecified atom stereocenters. The topological polar surface area (TPSA) is 45.6 Å². The highest BCUT2D eigenvalue weighted by atomic mass is 35.5. The van der Waals surface area contributed by atoms with E-state index < -0.39 is 11.1 Å². The van der Waals surface area contributed by atoms with Crippen molar-refractivity contribution in [3.8, 4) is 17.6 Å². The van der Waals surface area contributed by atoms with Gasteiger partial charge in [-0.05, 0) is 74.3 Å². The highest BCUT2D eigenvalue weighted by Gasteiger charge is 2.54. The fourth-order valence-corrected chi connectivity index (χ4v) is 5.00. The molecule has 1 aromatic heterocycles. The number of allylic oxidation sites excluding steroid dienone is 3. The second-order valence-electron chi connectivity index (χ2n) is 11.0. The largest absolute Gasteiger partial charge is 0.508 e. The molecule has 2 aromatic rings. The summed E-state index contributed by atoms with van der Waals surface area (Å²) in [6.45, 7) is 12.9. The van der Waals surface area contributed by atoms with Crippen LogP contribution in [0.15, 0.2) is 72.3 Å². The lowest BCUT2D eigenvalue weighted by Crippen LogP contribution is -2.52. The Morgan fingerprint density at radius 2 is 1.79 bits per heavy atom. The molecule has 1 aliphatic heterocycles. The smallest absolute Gasteiger partial charge is 0.236 e. The second kappa shape index (κ2) is 8.71. The summed E-state index contributed by atoms with van der Waals surface area (Å²) >= 11 is 7.49. The number of pyridine rings is 1. The van der Waals surface area contributed by atoms with Crippen molar-refractivity contribution in [2.45, 2.75) is 64.6 Å². The highest BCUT2D eigenvalue weighted by molar-refractivity contribution is 6.26. The zero-order chi connectivity index (χ0) is 24.7. The fourth-order valence-electron chi connectivity index (χ4n) is 4.76. The van der Waals surface area contributed by atoms with Crippen LogP contribution >= 0.6 is 11.6 Å². The number of alkyl halides is 1. The summed E-state index contributed by atoms with van der Waals surface area (Å²) in [6.07, 6.45) is 5.90. The Bertz CT molecular complexity index is 1180. The number of hydrogen-bond acceptors (Lipinski definition) is 4. The Morgan fingerprint density at radius 1 is 1.09 bits per heavy atom. The standard InChI is InChI=1S/C29H33ClN2O2/c1-27(2,3)29(30)17-16-24-26(22(29)19-20-11-7-8-13-23(20)33)32(28(4,5)6)25(34-24)15-14-21-12-9-10-18-31-21/h7-13,16-18,22,25,33H,19H2,1-6H3. The third-order valence-corrected chi connectivity index (χ3v) is 7.53. The number of rotatable bonds is 2. The minimum absolute atomic E-state index is 0.136. The Hall–Kier alpha value is -2.90. The maximum atomic E-state index is 10.6. The van der Waals surface area contributed by atoms with E-state index in [9.17, 15) is 5.11 Å². The van der Waals surface area contributed by atoms with Crippen LogP contribution in [0.2, 0.25) is 0 Å². The van der Waals surface area contributed by atoms with Gasteiger partial charge < -0.3 is 14.7 Å². The van der Waals surface area contributed by atoms with Crippen LogP contribution in [0.5, 0.6) is 5.75 Å². The van der Waals surface area contributed by atoms with Crippen molar-refractivity contribution in [1.82, 2.24) is 9.88 Å². The Balaban J connectivity index is 1.81. The lowest BCUT2D eigenvalue weighted by Gasteiger charge is -2.49. The average Bonchev–Trinajstić information content (AvgIpc) is 3.15. The van der Waals surface area contributed by atoms with Crippen LogP contribution in [0.3, 0.4) is 0 Å². The van der Waals surface area contributed by atoms with E-state index in [-0.39, 0.29) is 22.6 Å². The molecular formula is C29H33ClN2O2. The van der Waals surface area contributed by atoms with E-state index in [1.165, 1.54) is 0 Å². The first-order valence-electron chi connectivity index (χ1n) is 11.7. The lowest BCUT2D eigenvalue weighted by atomic mass is 9.66. The summed E-state index contributed by atoms with van der Waals surface area (Å²) in [6, 6.07) is 13.2. The second-order valence-corrected chi connectivity index (χ2v) is 11.6. The third kappa shape index (κ3) is 4.42. The van der Waals surface area contributed by atoms with Gasteiger partial charge in [0.05, 0.1) is 10.6 Å². The number of nitrogens with zero attached hydrogens (tertiary/aromatic N) is 2. The molecule has 2 heterocycles. The van der Waals surface area contributed by atoms with E-state index in [2.05, 4.69) is 69.3 Å². The summed E-state index contributed by atoms with van der Waals surface area (Å²) in [7, 11) is 0. The molecule has 0 saturated carbocycles. The van der Waals surface area contributed by atoms with Crippen LogP contribution < -0.4 is 0 Å². The molecule has 1 aromatic carbocycles. The molecule has 2 aliphatic rings. The fraction of sp³-hybridized carbons (Fsp3) is 0.414. The van der Waals surface area contributed by atoms with E-state index in [1.54, 1.807) is 12.3 Å². The number of phenolic OH excluding ortho intramolecular Hbond substituents is 1. The van der Waals surface area contributed by atoms with Gasteiger partial charge in [-0.1, -0.05) is 51.1 Å². The molecule has 5 heteroatoms. The molecule has 0 radical (unpaired) electrons. The van der Waals surface area contributed by atoms with Crippen molar-refractivity contribution in [2.24, 2.45) is 11.3 Å². The predicted octanol–water partition coefficient (Wildman–Crippen LogP) is 6.26. The normalized spacial score (nSPS) is 24.4. The molecule has 0 amide bonds. The summed E-state index contributed by atoms with van der Waals surface area (Å²) in [5.41, 5.74) is 2.06. The van der Waals surface area contributed by atoms with E-state index in [0.717, 1.165) is 17.0 Å². The van der Waals surface area contributed by atoms with E-state index in [1.807, 2.05) is 42.5 Å². The van der Waals surface area contributed by atoms with Crippen molar-refractivity contribution < 1.29 is 9.84 Å². The molecule has 4 rings (SSSR count). The SMILES string of the molecule is CC(C)(C)N1C2=C(C=CC(Cl)(C(C)(C)C)C2Cc2ccccc2O)OC1C#Cc1ccccn1. The molecule has 0 saturated heterocycles. The molecule has 0 bridgehead atoms. The zero-order valence-corrected chi connectivity index (χ0v) is 21.5. The monoisotopic (exact) mass is 476 g/mol. The van der Waals surface area contributed by atoms with Gasteiger partial charge in [0.2, 0.25) is 6.23 Å². The van der Waals surface area contributed by atoms with E-state index in [4.69, 9.17) is 16.3 Å². The van der Waals surface area contributed by atoms with Crippen LogP contribution in [0.1, 0.15) is 52.8 Å². The molecule has 0 fully saturated rings. The van der Waals surface area contributed by atoms with Gasteiger partial charge in [-0.15, -0.1) is 11.6 Å². The van der Waals surface area contributed by atoms with Crippen LogP contribution in [0, 0.1) is 23.2 Å². The molecule has 0 spiro atoms. The number of phenols is 1.